The van der Waals surface area contributed by atoms with Gasteiger partial charge in [-0.25, -0.2) is 4.57 Å². The van der Waals surface area contributed by atoms with Crippen molar-refractivity contribution in [1.29, 1.82) is 0 Å². The molecule has 0 amide bonds. The van der Waals surface area contributed by atoms with Crippen LogP contribution in [-0.2, 0) is 4.57 Å². The van der Waals surface area contributed by atoms with Crippen molar-refractivity contribution in [3.05, 3.63) is 35.9 Å². The van der Waals surface area contributed by atoms with Gasteiger partial charge in [0, 0.05) is 0 Å². The van der Waals surface area contributed by atoms with E-state index >= 15 is 0 Å². The fourth-order valence-electron chi connectivity index (χ4n) is 0.534. The molecule has 4 nitrogen and oxygen atoms in total. The second kappa shape index (κ2) is 7.71. The van der Waals surface area contributed by atoms with Gasteiger partial charge < -0.3 is 14.7 Å². The Kier molecular flexibility index (Phi) is 9.36. The first kappa shape index (κ1) is 15.8. The molecule has 0 unspecified atom stereocenters. The van der Waals surface area contributed by atoms with Crippen LogP contribution in [0, 0.1) is 6.92 Å². The third-order valence-corrected chi connectivity index (χ3v) is 0.940. The maximum absolute atomic E-state index is 8.88. The molecule has 0 bridgehead atoms. The minimum atomic E-state index is -4.64. The summed E-state index contributed by atoms with van der Waals surface area (Å²) >= 11 is 0. The molecule has 0 aliphatic rings. The Morgan fingerprint density at radius 2 is 1.38 bits per heavy atom. The van der Waals surface area contributed by atoms with E-state index in [4.69, 9.17) is 19.2 Å². The SMILES string of the molecule is Cc1ccccc1.O=P(O)(O)O.[NaH]. The summed E-state index contributed by atoms with van der Waals surface area (Å²) in [5.74, 6) is 0. The molecule has 0 radical (unpaired) electrons. The average Bonchev–Trinajstić information content (AvgIpc) is 1.85. The van der Waals surface area contributed by atoms with Gasteiger partial charge in [0.1, 0.15) is 0 Å². The van der Waals surface area contributed by atoms with Gasteiger partial charge in [0.25, 0.3) is 0 Å². The molecule has 0 aliphatic heterocycles. The molecule has 1 aromatic carbocycles. The summed E-state index contributed by atoms with van der Waals surface area (Å²) in [5.41, 5.74) is 1.32. The standard InChI is InChI=1S/C7H8.Na.H3O4P.H/c1-7-5-3-2-4-6-7;;1-5(2,3)4;/h2-6H,1H3;;(H3,1,2,3,4);. The van der Waals surface area contributed by atoms with Crippen LogP contribution in [0.5, 0.6) is 0 Å². The number of hydrogen-bond donors (Lipinski definition) is 3. The minimum absolute atomic E-state index is 0. The zero-order chi connectivity index (χ0) is 9.61. The normalized spacial score (nSPS) is 9.23. The van der Waals surface area contributed by atoms with Crippen LogP contribution < -0.4 is 0 Å². The summed E-state index contributed by atoms with van der Waals surface area (Å²) < 4.78 is 8.88. The molecule has 0 saturated heterocycles. The van der Waals surface area contributed by atoms with E-state index in [9.17, 15) is 0 Å². The predicted octanol–water partition coefficient (Wildman–Crippen LogP) is 0.418. The van der Waals surface area contributed by atoms with Crippen molar-refractivity contribution in [3.63, 3.8) is 0 Å². The Bertz CT molecular complexity index is 250. The zero-order valence-corrected chi connectivity index (χ0v) is 7.48. The first-order chi connectivity index (χ1) is 5.39. The molecular formula is C7H12NaO4P. The molecule has 0 aromatic heterocycles. The van der Waals surface area contributed by atoms with Gasteiger partial charge in [-0.2, -0.15) is 0 Å². The average molecular weight is 214 g/mol. The summed E-state index contributed by atoms with van der Waals surface area (Å²) in [6.07, 6.45) is 0. The Labute approximate surface area is 99.1 Å². The van der Waals surface area contributed by atoms with E-state index in [0.29, 0.717) is 0 Å². The second-order valence-corrected chi connectivity index (χ2v) is 3.19. The number of hydrogen-bond acceptors (Lipinski definition) is 1. The van der Waals surface area contributed by atoms with Crippen LogP contribution in [0.3, 0.4) is 0 Å². The Morgan fingerprint density at radius 3 is 1.54 bits per heavy atom. The fourth-order valence-corrected chi connectivity index (χ4v) is 0.534. The summed E-state index contributed by atoms with van der Waals surface area (Å²) in [7, 11) is -4.64. The van der Waals surface area contributed by atoms with E-state index in [0.717, 1.165) is 0 Å². The van der Waals surface area contributed by atoms with Gasteiger partial charge in [0.15, 0.2) is 0 Å². The van der Waals surface area contributed by atoms with Crippen LogP contribution in [-0.4, -0.2) is 44.2 Å². The van der Waals surface area contributed by atoms with Crippen molar-refractivity contribution in [3.8, 4) is 0 Å². The van der Waals surface area contributed by atoms with Gasteiger partial charge >= 0.3 is 37.4 Å². The van der Waals surface area contributed by atoms with Gasteiger partial charge in [-0.05, 0) is 6.92 Å². The molecule has 0 spiro atoms. The Balaban J connectivity index is 0. The fraction of sp³-hybridized carbons (Fsp3) is 0.143. The zero-order valence-electron chi connectivity index (χ0n) is 6.58. The number of benzene rings is 1. The quantitative estimate of drug-likeness (QED) is 0.432. The van der Waals surface area contributed by atoms with E-state index in [-0.39, 0.29) is 29.6 Å². The van der Waals surface area contributed by atoms with E-state index < -0.39 is 7.82 Å². The van der Waals surface area contributed by atoms with Crippen LogP contribution in [0.15, 0.2) is 30.3 Å². The molecule has 0 heterocycles. The molecule has 1 aromatic rings. The molecule has 6 heteroatoms. The van der Waals surface area contributed by atoms with Gasteiger partial charge in [0.05, 0.1) is 0 Å². The van der Waals surface area contributed by atoms with Gasteiger partial charge in [-0.1, -0.05) is 35.9 Å². The molecular weight excluding hydrogens is 202 g/mol. The second-order valence-electron chi connectivity index (χ2n) is 2.17. The summed E-state index contributed by atoms with van der Waals surface area (Å²) in [6.45, 7) is 2.08. The molecule has 0 saturated carbocycles. The van der Waals surface area contributed by atoms with Gasteiger partial charge in [-0.3, -0.25) is 0 Å². The Hall–Kier alpha value is 0.330. The van der Waals surface area contributed by atoms with E-state index in [2.05, 4.69) is 19.1 Å². The third-order valence-electron chi connectivity index (χ3n) is 0.940. The maximum atomic E-state index is 8.88. The number of rotatable bonds is 0. The number of aryl methyl sites for hydroxylation is 1. The van der Waals surface area contributed by atoms with Crippen molar-refractivity contribution in [1.82, 2.24) is 0 Å². The Morgan fingerprint density at radius 1 is 1.08 bits per heavy atom. The number of phosphoric acid groups is 1. The van der Waals surface area contributed by atoms with Crippen molar-refractivity contribution in [2.75, 3.05) is 0 Å². The van der Waals surface area contributed by atoms with Crippen molar-refractivity contribution in [2.45, 2.75) is 6.92 Å². The summed E-state index contributed by atoms with van der Waals surface area (Å²) in [6, 6.07) is 10.3. The molecule has 0 aliphatic carbocycles. The van der Waals surface area contributed by atoms with E-state index in [1.807, 2.05) is 18.2 Å². The van der Waals surface area contributed by atoms with E-state index in [1.165, 1.54) is 5.56 Å². The molecule has 13 heavy (non-hydrogen) atoms. The topological polar surface area (TPSA) is 77.8 Å². The molecule has 0 fully saturated rings. The summed E-state index contributed by atoms with van der Waals surface area (Å²) in [5, 5.41) is 0. The monoisotopic (exact) mass is 214 g/mol. The van der Waals surface area contributed by atoms with Crippen LogP contribution >= 0.6 is 7.82 Å². The van der Waals surface area contributed by atoms with Crippen LogP contribution in [0.2, 0.25) is 0 Å². The van der Waals surface area contributed by atoms with Gasteiger partial charge in [-0.15, -0.1) is 0 Å². The van der Waals surface area contributed by atoms with Gasteiger partial charge in [0.2, 0.25) is 0 Å². The first-order valence-corrected chi connectivity index (χ1v) is 4.76. The molecule has 1 rings (SSSR count). The van der Waals surface area contributed by atoms with Crippen LogP contribution in [0.4, 0.5) is 0 Å². The first-order valence-electron chi connectivity index (χ1n) is 3.19. The van der Waals surface area contributed by atoms with Crippen molar-refractivity contribution in [2.24, 2.45) is 0 Å². The predicted molar refractivity (Wildman–Crippen MR) is 52.6 cm³/mol. The van der Waals surface area contributed by atoms with Crippen LogP contribution in [0.1, 0.15) is 5.56 Å². The van der Waals surface area contributed by atoms with Crippen LogP contribution in [0.25, 0.3) is 0 Å². The third kappa shape index (κ3) is 19.0. The molecule has 3 N–H and O–H groups in total. The molecule has 70 valence electrons. The van der Waals surface area contributed by atoms with Crippen molar-refractivity contribution < 1.29 is 19.2 Å². The summed E-state index contributed by atoms with van der Waals surface area (Å²) in [4.78, 5) is 21.6. The van der Waals surface area contributed by atoms with Crippen molar-refractivity contribution >= 4 is 37.4 Å². The van der Waals surface area contributed by atoms with E-state index in [1.54, 1.807) is 0 Å². The molecule has 0 atom stereocenters.